The molecule has 0 aliphatic carbocycles. The number of hydrogen-bond acceptors (Lipinski definition) is 4. The summed E-state index contributed by atoms with van der Waals surface area (Å²) in [7, 11) is 1.22. The van der Waals surface area contributed by atoms with Crippen LogP contribution in [0.3, 0.4) is 0 Å². The number of nitrogens with two attached hydrogens (primary N) is 1. The quantitative estimate of drug-likeness (QED) is 0.843. The topological polar surface area (TPSA) is 81.0 Å². The maximum absolute atomic E-state index is 13.7. The minimum absolute atomic E-state index is 0.0300. The number of hydrogen-bond donors (Lipinski definition) is 1. The number of nitriles is 1. The van der Waals surface area contributed by atoms with E-state index < -0.39 is 5.97 Å². The van der Waals surface area contributed by atoms with E-state index in [-0.39, 0.29) is 27.2 Å². The van der Waals surface area contributed by atoms with E-state index in [9.17, 15) is 9.18 Å². The van der Waals surface area contributed by atoms with Crippen molar-refractivity contribution in [3.05, 3.63) is 45.4 Å². The first kappa shape index (κ1) is 15.1. The molecule has 0 bridgehead atoms. The number of halogens is 2. The van der Waals surface area contributed by atoms with Gasteiger partial charge in [-0.25, -0.2) is 9.18 Å². The molecule has 0 spiro atoms. The van der Waals surface area contributed by atoms with E-state index in [4.69, 9.17) is 11.0 Å². The van der Waals surface area contributed by atoms with Gasteiger partial charge in [0.15, 0.2) is 5.69 Å². The number of carbonyl (C=O) groups is 1. The average Bonchev–Trinajstić information content (AvgIpc) is 2.80. The molecule has 2 aromatic rings. The number of anilines is 1. The van der Waals surface area contributed by atoms with Crippen molar-refractivity contribution in [1.82, 2.24) is 4.57 Å². The Balaban J connectivity index is 2.75. The van der Waals surface area contributed by atoms with E-state index in [1.165, 1.54) is 23.9 Å². The van der Waals surface area contributed by atoms with Gasteiger partial charge < -0.3 is 15.0 Å². The number of esters is 1. The van der Waals surface area contributed by atoms with E-state index in [2.05, 4.69) is 20.7 Å². The minimum atomic E-state index is -0.674. The maximum atomic E-state index is 13.7. The van der Waals surface area contributed by atoms with Gasteiger partial charge in [0, 0.05) is 11.9 Å². The average molecular weight is 352 g/mol. The Morgan fingerprint density at radius 3 is 2.71 bits per heavy atom. The molecule has 1 heterocycles. The standard InChI is InChI=1S/C14H11BrFN3O2/c1-7-3-9(4-10(15)11(7)16)19-6-8(5-17)12(18)13(19)14(20)21-2/h3-4,6H,18H2,1-2H3. The lowest BCUT2D eigenvalue weighted by atomic mass is 10.2. The van der Waals surface area contributed by atoms with Crippen molar-refractivity contribution in [2.75, 3.05) is 12.8 Å². The second-order valence-electron chi connectivity index (χ2n) is 4.34. The third kappa shape index (κ3) is 2.50. The smallest absolute Gasteiger partial charge is 0.357 e. The van der Waals surface area contributed by atoms with Gasteiger partial charge >= 0.3 is 5.97 Å². The summed E-state index contributed by atoms with van der Waals surface area (Å²) in [6, 6.07) is 4.95. The molecule has 7 heteroatoms. The van der Waals surface area contributed by atoms with Crippen LogP contribution in [0.4, 0.5) is 10.1 Å². The summed E-state index contributed by atoms with van der Waals surface area (Å²) in [4.78, 5) is 11.9. The Morgan fingerprint density at radius 1 is 1.52 bits per heavy atom. The SMILES string of the molecule is COC(=O)c1c(N)c(C#N)cn1-c1cc(C)c(F)c(Br)c1. The van der Waals surface area contributed by atoms with Crippen LogP contribution in [0, 0.1) is 24.1 Å². The van der Waals surface area contributed by atoms with Crippen LogP contribution in [0.1, 0.15) is 21.6 Å². The predicted molar refractivity (Wildman–Crippen MR) is 78.6 cm³/mol. The molecule has 2 N–H and O–H groups in total. The molecule has 1 aromatic heterocycles. The highest BCUT2D eigenvalue weighted by Crippen LogP contribution is 2.28. The van der Waals surface area contributed by atoms with Gasteiger partial charge in [0.25, 0.3) is 0 Å². The Morgan fingerprint density at radius 2 is 2.19 bits per heavy atom. The number of aryl methyl sites for hydroxylation is 1. The van der Waals surface area contributed by atoms with Gasteiger partial charge in [0.1, 0.15) is 11.9 Å². The lowest BCUT2D eigenvalue weighted by Crippen LogP contribution is -2.11. The van der Waals surface area contributed by atoms with E-state index in [1.54, 1.807) is 13.0 Å². The van der Waals surface area contributed by atoms with Crippen LogP contribution >= 0.6 is 15.9 Å². The first-order chi connectivity index (χ1) is 9.90. The molecule has 0 amide bonds. The van der Waals surface area contributed by atoms with Gasteiger partial charge in [0.2, 0.25) is 0 Å². The molecule has 0 unspecified atom stereocenters. The number of ether oxygens (including phenoxy) is 1. The first-order valence-corrected chi connectivity index (χ1v) is 6.65. The number of carbonyl (C=O) groups excluding carboxylic acids is 1. The molecular formula is C14H11BrFN3O2. The molecule has 2 rings (SSSR count). The van der Waals surface area contributed by atoms with Crippen LogP contribution < -0.4 is 5.73 Å². The molecule has 0 saturated carbocycles. The predicted octanol–water partition coefficient (Wildman–Crippen LogP) is 2.93. The molecular weight excluding hydrogens is 341 g/mol. The molecule has 0 aliphatic rings. The van der Waals surface area contributed by atoms with Crippen molar-refractivity contribution < 1.29 is 13.9 Å². The number of nitrogens with zero attached hydrogens (tertiary/aromatic N) is 2. The molecule has 21 heavy (non-hydrogen) atoms. The van der Waals surface area contributed by atoms with Crippen molar-refractivity contribution >= 4 is 27.6 Å². The van der Waals surface area contributed by atoms with Crippen molar-refractivity contribution in [3.63, 3.8) is 0 Å². The summed E-state index contributed by atoms with van der Waals surface area (Å²) in [5, 5.41) is 9.05. The van der Waals surface area contributed by atoms with Crippen LogP contribution in [0.15, 0.2) is 22.8 Å². The Kier molecular flexibility index (Phi) is 4.00. The Labute approximate surface area is 128 Å². The third-order valence-electron chi connectivity index (χ3n) is 3.02. The fourth-order valence-electron chi connectivity index (χ4n) is 1.97. The fraction of sp³-hybridized carbons (Fsp3) is 0.143. The van der Waals surface area contributed by atoms with Gasteiger partial charge in [-0.3, -0.25) is 0 Å². The summed E-state index contributed by atoms with van der Waals surface area (Å²) in [6.45, 7) is 1.60. The fourth-order valence-corrected chi connectivity index (χ4v) is 2.51. The molecule has 0 aliphatic heterocycles. The van der Waals surface area contributed by atoms with Crippen LogP contribution in [-0.4, -0.2) is 17.6 Å². The first-order valence-electron chi connectivity index (χ1n) is 5.86. The highest BCUT2D eigenvalue weighted by Gasteiger charge is 2.22. The number of rotatable bonds is 2. The highest BCUT2D eigenvalue weighted by atomic mass is 79.9. The van der Waals surface area contributed by atoms with Crippen molar-refractivity contribution in [2.24, 2.45) is 0 Å². The Hall–Kier alpha value is -2.33. The number of aromatic nitrogens is 1. The van der Waals surface area contributed by atoms with Crippen LogP contribution in [-0.2, 0) is 4.74 Å². The highest BCUT2D eigenvalue weighted by molar-refractivity contribution is 9.10. The van der Waals surface area contributed by atoms with Crippen LogP contribution in [0.2, 0.25) is 0 Å². The zero-order valence-corrected chi connectivity index (χ0v) is 12.9. The summed E-state index contributed by atoms with van der Waals surface area (Å²) < 4.78 is 20.0. The van der Waals surface area contributed by atoms with Crippen molar-refractivity contribution in [2.45, 2.75) is 6.92 Å². The Bertz CT molecular complexity index is 754. The molecule has 1 aromatic carbocycles. The van der Waals surface area contributed by atoms with E-state index in [1.807, 2.05) is 6.07 Å². The number of methoxy groups -OCH3 is 1. The molecule has 0 radical (unpaired) electrons. The summed E-state index contributed by atoms with van der Waals surface area (Å²) >= 11 is 3.11. The lowest BCUT2D eigenvalue weighted by Gasteiger charge is -2.10. The molecule has 0 fully saturated rings. The molecule has 5 nitrogen and oxygen atoms in total. The normalized spacial score (nSPS) is 10.2. The van der Waals surface area contributed by atoms with E-state index >= 15 is 0 Å². The van der Waals surface area contributed by atoms with E-state index in [0.717, 1.165) is 0 Å². The summed E-state index contributed by atoms with van der Waals surface area (Å²) in [5.74, 6) is -1.06. The maximum Gasteiger partial charge on any atom is 0.357 e. The van der Waals surface area contributed by atoms with Crippen molar-refractivity contribution in [3.8, 4) is 11.8 Å². The van der Waals surface area contributed by atoms with Gasteiger partial charge in [-0.1, -0.05) is 0 Å². The second kappa shape index (κ2) is 5.58. The summed E-state index contributed by atoms with van der Waals surface area (Å²) in [5.41, 5.74) is 6.90. The van der Waals surface area contributed by atoms with Gasteiger partial charge in [0.05, 0.1) is 22.8 Å². The number of benzene rings is 1. The minimum Gasteiger partial charge on any atom is -0.464 e. The van der Waals surface area contributed by atoms with Crippen LogP contribution in [0.25, 0.3) is 5.69 Å². The van der Waals surface area contributed by atoms with Gasteiger partial charge in [-0.15, -0.1) is 0 Å². The van der Waals surface area contributed by atoms with Crippen molar-refractivity contribution in [1.29, 1.82) is 5.26 Å². The lowest BCUT2D eigenvalue weighted by molar-refractivity contribution is 0.0593. The molecule has 0 atom stereocenters. The third-order valence-corrected chi connectivity index (χ3v) is 3.59. The van der Waals surface area contributed by atoms with Gasteiger partial charge in [-0.05, 0) is 40.5 Å². The van der Waals surface area contributed by atoms with E-state index in [0.29, 0.717) is 11.3 Å². The molecule has 0 saturated heterocycles. The largest absolute Gasteiger partial charge is 0.464 e. The molecule has 108 valence electrons. The number of nitrogen functional groups attached to an aromatic ring is 1. The van der Waals surface area contributed by atoms with Crippen LogP contribution in [0.5, 0.6) is 0 Å². The second-order valence-corrected chi connectivity index (χ2v) is 5.19. The summed E-state index contributed by atoms with van der Waals surface area (Å²) in [6.07, 6.45) is 1.42. The zero-order chi connectivity index (χ0) is 15.7. The zero-order valence-electron chi connectivity index (χ0n) is 11.3. The monoisotopic (exact) mass is 351 g/mol. The van der Waals surface area contributed by atoms with Gasteiger partial charge in [-0.2, -0.15) is 5.26 Å².